The van der Waals surface area contributed by atoms with E-state index in [1.54, 1.807) is 0 Å². The largest absolute Gasteiger partial charge is 0.359 e. The lowest BCUT2D eigenvalue weighted by Gasteiger charge is -2.02. The van der Waals surface area contributed by atoms with Crippen molar-refractivity contribution in [2.75, 3.05) is 18.5 Å². The minimum absolute atomic E-state index is 0.380. The zero-order chi connectivity index (χ0) is 6.41. The molecule has 0 fully saturated rings. The molecule has 0 bridgehead atoms. The minimum Gasteiger partial charge on any atom is -0.359 e. The Kier molecular flexibility index (Phi) is 6.32. The SMILES string of the molecule is [O]CC(Cl)OCCBr. The van der Waals surface area contributed by atoms with Crippen LogP contribution in [-0.2, 0) is 9.84 Å². The van der Waals surface area contributed by atoms with Crippen LogP contribution >= 0.6 is 27.5 Å². The van der Waals surface area contributed by atoms with E-state index in [0.717, 1.165) is 5.33 Å². The molecule has 1 radical (unpaired) electrons. The summed E-state index contributed by atoms with van der Waals surface area (Å²) in [5, 5.41) is 10.6. The van der Waals surface area contributed by atoms with Gasteiger partial charge in [0.15, 0.2) is 5.56 Å². The zero-order valence-corrected chi connectivity index (χ0v) is 6.61. The zero-order valence-electron chi connectivity index (χ0n) is 4.27. The maximum Gasteiger partial charge on any atom is 0.157 e. The van der Waals surface area contributed by atoms with Crippen molar-refractivity contribution in [2.24, 2.45) is 0 Å². The Labute approximate surface area is 61.9 Å². The fraction of sp³-hybridized carbons (Fsp3) is 1.00. The van der Waals surface area contributed by atoms with Crippen LogP contribution in [0.15, 0.2) is 0 Å². The van der Waals surface area contributed by atoms with Gasteiger partial charge in [0.25, 0.3) is 0 Å². The van der Waals surface area contributed by atoms with Crippen molar-refractivity contribution < 1.29 is 9.84 Å². The summed E-state index contributed by atoms with van der Waals surface area (Å²) in [5.41, 5.74) is -0.660. The fourth-order valence-electron chi connectivity index (χ4n) is 0.221. The minimum atomic E-state index is -0.660. The molecule has 0 aliphatic carbocycles. The molecule has 0 saturated heterocycles. The molecule has 0 aromatic carbocycles. The molecule has 0 rings (SSSR count). The molecule has 1 unspecified atom stereocenters. The van der Waals surface area contributed by atoms with Crippen molar-refractivity contribution in [3.05, 3.63) is 0 Å². The van der Waals surface area contributed by atoms with E-state index in [9.17, 15) is 5.11 Å². The number of hydrogen-bond acceptors (Lipinski definition) is 1. The van der Waals surface area contributed by atoms with Gasteiger partial charge in [0.05, 0.1) is 6.61 Å². The van der Waals surface area contributed by atoms with Crippen LogP contribution in [-0.4, -0.2) is 24.1 Å². The lowest BCUT2D eigenvalue weighted by atomic mass is 10.7. The summed E-state index contributed by atoms with van der Waals surface area (Å²) in [5.74, 6) is 0. The lowest BCUT2D eigenvalue weighted by Crippen LogP contribution is -2.10. The molecular formula is C4H7BrClO2. The Hall–Kier alpha value is 0.690. The Balaban J connectivity index is 2.86. The van der Waals surface area contributed by atoms with Gasteiger partial charge >= 0.3 is 0 Å². The molecule has 49 valence electrons. The van der Waals surface area contributed by atoms with Gasteiger partial charge in [0, 0.05) is 5.33 Å². The Morgan fingerprint density at radius 3 is 2.75 bits per heavy atom. The predicted octanol–water partition coefficient (Wildman–Crippen LogP) is 1.39. The van der Waals surface area contributed by atoms with Gasteiger partial charge in [-0.2, -0.15) is 0 Å². The van der Waals surface area contributed by atoms with Crippen LogP contribution in [0.25, 0.3) is 0 Å². The third-order valence-corrected chi connectivity index (χ3v) is 1.08. The van der Waals surface area contributed by atoms with Crippen LogP contribution < -0.4 is 0 Å². The second kappa shape index (κ2) is 5.82. The van der Waals surface area contributed by atoms with E-state index < -0.39 is 5.56 Å². The average Bonchev–Trinajstić information content (AvgIpc) is 1.83. The van der Waals surface area contributed by atoms with Crippen LogP contribution in [0.1, 0.15) is 0 Å². The van der Waals surface area contributed by atoms with Crippen molar-refractivity contribution in [1.29, 1.82) is 0 Å². The number of hydrogen-bond donors (Lipinski definition) is 0. The maximum absolute atomic E-state index is 9.86. The molecule has 0 spiro atoms. The smallest absolute Gasteiger partial charge is 0.157 e. The Morgan fingerprint density at radius 2 is 2.38 bits per heavy atom. The maximum atomic E-state index is 9.86. The summed E-state index contributed by atoms with van der Waals surface area (Å²) in [6.45, 7) is 0.116. The van der Waals surface area contributed by atoms with Crippen LogP contribution in [0.2, 0.25) is 0 Å². The van der Waals surface area contributed by atoms with Gasteiger partial charge in [-0.05, 0) is 0 Å². The highest BCUT2D eigenvalue weighted by atomic mass is 79.9. The second-order valence-electron chi connectivity index (χ2n) is 1.14. The fourth-order valence-corrected chi connectivity index (χ4v) is 0.497. The topological polar surface area (TPSA) is 29.1 Å². The molecule has 0 aliphatic heterocycles. The second-order valence-corrected chi connectivity index (χ2v) is 2.42. The Morgan fingerprint density at radius 1 is 1.75 bits per heavy atom. The van der Waals surface area contributed by atoms with E-state index in [2.05, 4.69) is 15.9 Å². The van der Waals surface area contributed by atoms with Gasteiger partial charge in [-0.3, -0.25) is 0 Å². The first kappa shape index (κ1) is 8.69. The van der Waals surface area contributed by atoms with Gasteiger partial charge < -0.3 is 4.74 Å². The molecule has 2 nitrogen and oxygen atoms in total. The predicted molar refractivity (Wildman–Crippen MR) is 34.9 cm³/mol. The van der Waals surface area contributed by atoms with Gasteiger partial charge in [-0.1, -0.05) is 27.5 Å². The van der Waals surface area contributed by atoms with Gasteiger partial charge in [0.1, 0.15) is 6.61 Å². The van der Waals surface area contributed by atoms with Gasteiger partial charge in [0.2, 0.25) is 0 Å². The molecule has 0 aromatic rings. The lowest BCUT2D eigenvalue weighted by molar-refractivity contribution is 0.0459. The molecule has 0 aliphatic rings. The van der Waals surface area contributed by atoms with Crippen LogP contribution in [0, 0.1) is 0 Å². The van der Waals surface area contributed by atoms with Crippen LogP contribution in [0.5, 0.6) is 0 Å². The molecule has 0 heterocycles. The molecule has 0 N–H and O–H groups in total. The first-order chi connectivity index (χ1) is 3.81. The average molecular weight is 202 g/mol. The van der Waals surface area contributed by atoms with Gasteiger partial charge in [-0.15, -0.1) is 0 Å². The quantitative estimate of drug-likeness (QED) is 0.634. The highest BCUT2D eigenvalue weighted by molar-refractivity contribution is 9.09. The van der Waals surface area contributed by atoms with Crippen LogP contribution in [0.4, 0.5) is 0 Å². The normalized spacial score (nSPS) is 13.9. The standard InChI is InChI=1S/C4H7BrClO2/c5-1-2-8-4(6)3-7/h4H,1-3H2. The molecule has 0 amide bonds. The molecule has 0 aromatic heterocycles. The summed E-state index contributed by atoms with van der Waals surface area (Å²) >= 11 is 8.41. The molecule has 4 heteroatoms. The summed E-state index contributed by atoms with van der Waals surface area (Å²) in [6, 6.07) is 0. The number of alkyl halides is 2. The summed E-state index contributed by atoms with van der Waals surface area (Å²) in [4.78, 5) is 0. The van der Waals surface area contributed by atoms with Crippen molar-refractivity contribution in [3.8, 4) is 0 Å². The molecular weight excluding hydrogens is 195 g/mol. The summed E-state index contributed by atoms with van der Waals surface area (Å²) in [7, 11) is 0. The first-order valence-corrected chi connectivity index (χ1v) is 3.76. The van der Waals surface area contributed by atoms with E-state index in [1.807, 2.05) is 0 Å². The van der Waals surface area contributed by atoms with Crippen LogP contribution in [0.3, 0.4) is 0 Å². The van der Waals surface area contributed by atoms with E-state index in [-0.39, 0.29) is 6.61 Å². The third kappa shape index (κ3) is 4.84. The van der Waals surface area contributed by atoms with E-state index >= 15 is 0 Å². The molecule has 0 saturated carbocycles. The monoisotopic (exact) mass is 201 g/mol. The summed E-state index contributed by atoms with van der Waals surface area (Å²) < 4.78 is 4.75. The Bertz CT molecular complexity index is 53.3. The first-order valence-electron chi connectivity index (χ1n) is 2.21. The number of rotatable bonds is 4. The highest BCUT2D eigenvalue weighted by Crippen LogP contribution is 1.96. The molecule has 1 atom stereocenters. The third-order valence-electron chi connectivity index (χ3n) is 0.507. The van der Waals surface area contributed by atoms with E-state index in [1.165, 1.54) is 0 Å². The number of ether oxygens (including phenoxy) is 1. The van der Waals surface area contributed by atoms with Crippen molar-refractivity contribution >= 4 is 27.5 Å². The van der Waals surface area contributed by atoms with E-state index in [4.69, 9.17) is 16.3 Å². The van der Waals surface area contributed by atoms with Gasteiger partial charge in [-0.25, -0.2) is 5.11 Å². The molecule has 8 heavy (non-hydrogen) atoms. The number of halogens is 2. The summed E-state index contributed by atoms with van der Waals surface area (Å²) in [6.07, 6.45) is 0. The van der Waals surface area contributed by atoms with Crippen molar-refractivity contribution in [2.45, 2.75) is 5.56 Å². The highest BCUT2D eigenvalue weighted by Gasteiger charge is 1.99. The van der Waals surface area contributed by atoms with E-state index in [0.29, 0.717) is 6.61 Å². The van der Waals surface area contributed by atoms with Crippen molar-refractivity contribution in [3.63, 3.8) is 0 Å². The van der Waals surface area contributed by atoms with Crippen molar-refractivity contribution in [1.82, 2.24) is 0 Å².